The molecule has 0 aliphatic rings. The lowest BCUT2D eigenvalue weighted by Gasteiger charge is -2.30. The van der Waals surface area contributed by atoms with Crippen molar-refractivity contribution >= 4 is 5.97 Å². The van der Waals surface area contributed by atoms with Gasteiger partial charge < -0.3 is 9.84 Å². The molecule has 208 valence electrons. The van der Waals surface area contributed by atoms with Gasteiger partial charge in [0.1, 0.15) is 5.75 Å². The summed E-state index contributed by atoms with van der Waals surface area (Å²) in [6.45, 7) is 15.7. The van der Waals surface area contributed by atoms with Gasteiger partial charge in [0, 0.05) is 6.42 Å². The summed E-state index contributed by atoms with van der Waals surface area (Å²) >= 11 is 0. The first-order valence-corrected chi connectivity index (χ1v) is 14.9. The minimum atomic E-state index is -0.0977. The van der Waals surface area contributed by atoms with Gasteiger partial charge >= 0.3 is 5.97 Å². The maximum Gasteiger partial charge on any atom is 0.305 e. The van der Waals surface area contributed by atoms with Gasteiger partial charge in [-0.2, -0.15) is 0 Å². The Morgan fingerprint density at radius 3 is 1.75 bits per heavy atom. The molecule has 0 amide bonds. The van der Waals surface area contributed by atoms with Crippen molar-refractivity contribution in [2.24, 2.45) is 0 Å². The molecule has 1 rings (SSSR count). The highest BCUT2D eigenvalue weighted by molar-refractivity contribution is 5.68. The number of aromatic hydroxyl groups is 1. The first-order chi connectivity index (χ1) is 16.9. The second-order valence-electron chi connectivity index (χ2n) is 13.0. The third-order valence-electron chi connectivity index (χ3n) is 7.57. The number of phenols is 1. The number of carbonyl (C=O) groups is 1. The fourth-order valence-corrected chi connectivity index (χ4v) is 5.07. The largest absolute Gasteiger partial charge is 0.507 e. The molecule has 3 nitrogen and oxygen atoms in total. The summed E-state index contributed by atoms with van der Waals surface area (Å²) in [5.41, 5.74) is 3.56. The second kappa shape index (κ2) is 16.4. The molecule has 1 unspecified atom stereocenters. The molecule has 0 saturated heterocycles. The van der Waals surface area contributed by atoms with Crippen molar-refractivity contribution in [3.05, 3.63) is 28.8 Å². The standard InChI is InChI=1S/C33H58O3/c1-9-10-11-12-15-18-21-26(22-19-16-13-14-17-20-23-30(34)36-8)28-24-27(32(2,3)4)25-29(31(28)35)33(5,6)7/h24-26,35H,9-23H2,1-8H3. The van der Waals surface area contributed by atoms with Crippen molar-refractivity contribution in [3.8, 4) is 5.75 Å². The van der Waals surface area contributed by atoms with Crippen LogP contribution in [0, 0.1) is 0 Å². The van der Waals surface area contributed by atoms with Gasteiger partial charge in [0.05, 0.1) is 7.11 Å². The molecule has 1 N–H and O–H groups in total. The van der Waals surface area contributed by atoms with Crippen molar-refractivity contribution in [2.75, 3.05) is 7.11 Å². The first-order valence-electron chi connectivity index (χ1n) is 14.9. The molecular formula is C33H58O3. The summed E-state index contributed by atoms with van der Waals surface area (Å²) in [7, 11) is 1.46. The maximum absolute atomic E-state index is 11.5. The van der Waals surface area contributed by atoms with Crippen LogP contribution < -0.4 is 0 Å². The molecule has 0 spiro atoms. The number of unbranched alkanes of at least 4 members (excludes halogenated alkanes) is 10. The number of rotatable bonds is 17. The summed E-state index contributed by atoms with van der Waals surface area (Å²) in [6, 6.07) is 4.56. The Balaban J connectivity index is 2.91. The van der Waals surface area contributed by atoms with Crippen LogP contribution in [0.2, 0.25) is 0 Å². The lowest BCUT2D eigenvalue weighted by molar-refractivity contribution is -0.140. The van der Waals surface area contributed by atoms with Crippen LogP contribution >= 0.6 is 0 Å². The van der Waals surface area contributed by atoms with E-state index in [1.807, 2.05) is 0 Å². The molecule has 0 heterocycles. The Bertz CT molecular complexity index is 751. The van der Waals surface area contributed by atoms with E-state index >= 15 is 0 Å². The summed E-state index contributed by atoms with van der Waals surface area (Å²) in [4.78, 5) is 11.3. The molecule has 0 bridgehead atoms. The maximum atomic E-state index is 11.5. The molecule has 36 heavy (non-hydrogen) atoms. The second-order valence-corrected chi connectivity index (χ2v) is 13.0. The molecule has 1 aromatic carbocycles. The third kappa shape index (κ3) is 12.2. The number of hydrogen-bond donors (Lipinski definition) is 1. The number of benzene rings is 1. The van der Waals surface area contributed by atoms with Crippen molar-refractivity contribution in [1.29, 1.82) is 0 Å². The fourth-order valence-electron chi connectivity index (χ4n) is 5.07. The van der Waals surface area contributed by atoms with Gasteiger partial charge in [-0.3, -0.25) is 4.79 Å². The van der Waals surface area contributed by atoms with E-state index in [2.05, 4.69) is 60.6 Å². The van der Waals surface area contributed by atoms with Crippen molar-refractivity contribution in [1.82, 2.24) is 0 Å². The average molecular weight is 503 g/mol. The highest BCUT2D eigenvalue weighted by Crippen LogP contribution is 2.43. The van der Waals surface area contributed by atoms with Crippen LogP contribution in [0.3, 0.4) is 0 Å². The Morgan fingerprint density at radius 1 is 0.778 bits per heavy atom. The average Bonchev–Trinajstić information content (AvgIpc) is 2.80. The van der Waals surface area contributed by atoms with Crippen LogP contribution in [0.15, 0.2) is 12.1 Å². The lowest BCUT2D eigenvalue weighted by atomic mass is 9.76. The van der Waals surface area contributed by atoms with Crippen LogP contribution in [0.5, 0.6) is 5.75 Å². The predicted molar refractivity (Wildman–Crippen MR) is 155 cm³/mol. The van der Waals surface area contributed by atoms with Gasteiger partial charge in [0.25, 0.3) is 0 Å². The Morgan fingerprint density at radius 2 is 1.28 bits per heavy atom. The number of carbonyl (C=O) groups excluding carboxylic acids is 1. The Labute approximate surface area is 223 Å². The lowest BCUT2D eigenvalue weighted by Crippen LogP contribution is -2.18. The number of ether oxygens (including phenoxy) is 1. The normalized spacial score (nSPS) is 13.1. The van der Waals surface area contributed by atoms with E-state index in [9.17, 15) is 9.90 Å². The van der Waals surface area contributed by atoms with Crippen LogP contribution in [0.1, 0.15) is 167 Å². The minimum absolute atomic E-state index is 0.0529. The molecule has 0 aliphatic carbocycles. The minimum Gasteiger partial charge on any atom is -0.507 e. The van der Waals surface area contributed by atoms with Gasteiger partial charge in [-0.1, -0.05) is 131 Å². The summed E-state index contributed by atoms with van der Waals surface area (Å²) in [5.74, 6) is 0.854. The highest BCUT2D eigenvalue weighted by Gasteiger charge is 2.27. The molecule has 0 fully saturated rings. The first kappa shape index (κ1) is 32.5. The zero-order valence-electron chi connectivity index (χ0n) is 25.1. The van der Waals surface area contributed by atoms with Gasteiger partial charge in [-0.25, -0.2) is 0 Å². The van der Waals surface area contributed by atoms with Gasteiger partial charge in [0.15, 0.2) is 0 Å². The molecule has 0 aliphatic heterocycles. The molecule has 3 heteroatoms. The van der Waals surface area contributed by atoms with E-state index in [4.69, 9.17) is 4.74 Å². The molecule has 1 atom stereocenters. The van der Waals surface area contributed by atoms with E-state index in [1.54, 1.807) is 0 Å². The van der Waals surface area contributed by atoms with Gasteiger partial charge in [0.2, 0.25) is 0 Å². The summed E-state index contributed by atoms with van der Waals surface area (Å²) in [5, 5.41) is 11.5. The van der Waals surface area contributed by atoms with Crippen molar-refractivity contribution in [2.45, 2.75) is 162 Å². The van der Waals surface area contributed by atoms with E-state index in [0.29, 0.717) is 18.1 Å². The summed E-state index contributed by atoms with van der Waals surface area (Å²) in [6.07, 6.45) is 17.5. The molecule has 1 aromatic rings. The highest BCUT2D eigenvalue weighted by atomic mass is 16.5. The van der Waals surface area contributed by atoms with E-state index < -0.39 is 0 Å². The quantitative estimate of drug-likeness (QED) is 0.170. The van der Waals surface area contributed by atoms with Gasteiger partial charge in [-0.05, 0) is 52.7 Å². The van der Waals surface area contributed by atoms with Crippen LogP contribution in [0.25, 0.3) is 0 Å². The number of hydrogen-bond acceptors (Lipinski definition) is 3. The monoisotopic (exact) mass is 502 g/mol. The van der Waals surface area contributed by atoms with Gasteiger partial charge in [-0.15, -0.1) is 0 Å². The van der Waals surface area contributed by atoms with Crippen molar-refractivity contribution < 1.29 is 14.6 Å². The van der Waals surface area contributed by atoms with E-state index in [0.717, 1.165) is 31.2 Å². The summed E-state index contributed by atoms with van der Waals surface area (Å²) < 4.78 is 4.73. The number of methoxy groups -OCH3 is 1. The van der Waals surface area contributed by atoms with E-state index in [-0.39, 0.29) is 16.8 Å². The van der Waals surface area contributed by atoms with Crippen LogP contribution in [-0.4, -0.2) is 18.2 Å². The fraction of sp³-hybridized carbons (Fsp3) is 0.788. The SMILES string of the molecule is CCCCCCCCC(CCCCCCCCC(=O)OC)c1cc(C(C)(C)C)cc(C(C)(C)C)c1O. The molecule has 0 saturated carbocycles. The van der Waals surface area contributed by atoms with Crippen molar-refractivity contribution in [3.63, 3.8) is 0 Å². The zero-order chi connectivity index (χ0) is 27.2. The van der Waals surface area contributed by atoms with Crippen LogP contribution in [0.4, 0.5) is 0 Å². The zero-order valence-corrected chi connectivity index (χ0v) is 25.1. The molecule has 0 radical (unpaired) electrons. The number of esters is 1. The van der Waals surface area contributed by atoms with Crippen LogP contribution in [-0.2, 0) is 20.4 Å². The Kier molecular flexibility index (Phi) is 14.8. The Hall–Kier alpha value is -1.51. The third-order valence-corrected chi connectivity index (χ3v) is 7.57. The topological polar surface area (TPSA) is 46.5 Å². The smallest absolute Gasteiger partial charge is 0.305 e. The number of phenolic OH excluding ortho intramolecular Hbond substituents is 1. The predicted octanol–water partition coefficient (Wildman–Crippen LogP) is 10.1. The molecular weight excluding hydrogens is 444 g/mol. The van der Waals surface area contributed by atoms with E-state index in [1.165, 1.54) is 82.4 Å². The molecule has 0 aromatic heterocycles.